The van der Waals surface area contributed by atoms with Gasteiger partial charge in [0.25, 0.3) is 0 Å². The maximum Gasteiger partial charge on any atom is 0.229 e. The van der Waals surface area contributed by atoms with Crippen LogP contribution in [0, 0.1) is 0 Å². The molecule has 1 aliphatic rings. The van der Waals surface area contributed by atoms with Gasteiger partial charge in [-0.25, -0.2) is 9.97 Å². The molecule has 0 saturated carbocycles. The highest BCUT2D eigenvalue weighted by atomic mass is 15.3. The number of aryl methyl sites for hydroxylation is 1. The first-order valence-corrected chi connectivity index (χ1v) is 9.41. The molecule has 142 valence electrons. The van der Waals surface area contributed by atoms with Crippen LogP contribution in [0.4, 0.5) is 17.5 Å². The zero-order valence-electron chi connectivity index (χ0n) is 15.7. The first-order chi connectivity index (χ1) is 13.2. The molecule has 1 saturated heterocycles. The molecule has 8 nitrogen and oxygen atoms in total. The van der Waals surface area contributed by atoms with Crippen LogP contribution in [-0.2, 0) is 6.54 Å². The van der Waals surface area contributed by atoms with Crippen molar-refractivity contribution >= 4 is 28.5 Å². The Kier molecular flexibility index (Phi) is 5.17. The van der Waals surface area contributed by atoms with E-state index in [0.717, 1.165) is 61.7 Å². The minimum atomic E-state index is 0.573. The highest BCUT2D eigenvalue weighted by molar-refractivity contribution is 5.76. The molecule has 0 aromatic carbocycles. The monoisotopic (exact) mass is 366 g/mol. The molecule has 4 heterocycles. The average molecular weight is 366 g/mol. The Hall–Kier alpha value is -2.71. The average Bonchev–Trinajstić information content (AvgIpc) is 3.10. The molecular weight excluding hydrogens is 340 g/mol. The number of hydrogen-bond acceptors (Lipinski definition) is 7. The van der Waals surface area contributed by atoms with Gasteiger partial charge < -0.3 is 25.4 Å². The van der Waals surface area contributed by atoms with Gasteiger partial charge in [0.2, 0.25) is 5.95 Å². The second-order valence-corrected chi connectivity index (χ2v) is 6.94. The first kappa shape index (κ1) is 17.7. The van der Waals surface area contributed by atoms with Gasteiger partial charge in [-0.3, -0.25) is 0 Å². The minimum absolute atomic E-state index is 0.573. The van der Waals surface area contributed by atoms with Crippen molar-refractivity contribution in [3.05, 3.63) is 36.8 Å². The molecule has 0 radical (unpaired) electrons. The third kappa shape index (κ3) is 4.01. The summed E-state index contributed by atoms with van der Waals surface area (Å²) in [5.74, 6) is 1.59. The third-order valence-electron chi connectivity index (χ3n) is 4.94. The Labute approximate surface area is 159 Å². The fourth-order valence-corrected chi connectivity index (χ4v) is 3.28. The van der Waals surface area contributed by atoms with Gasteiger partial charge in [0, 0.05) is 50.5 Å². The molecule has 3 N–H and O–H groups in total. The second-order valence-electron chi connectivity index (χ2n) is 6.94. The third-order valence-corrected chi connectivity index (χ3v) is 4.94. The second kappa shape index (κ2) is 7.89. The normalized spacial score (nSPS) is 15.4. The van der Waals surface area contributed by atoms with E-state index in [4.69, 9.17) is 5.73 Å². The Morgan fingerprint density at radius 3 is 2.67 bits per heavy atom. The standard InChI is InChI=1S/C19H26N8/c1-25-9-11-26(12-10-25)17-4-3-16(14-21-17)23-19-22-13-15-5-8-27(7-2-6-20)18(15)24-19/h3-5,8,13-14H,2,6-7,9-12,20H2,1H3,(H,22,23,24). The summed E-state index contributed by atoms with van der Waals surface area (Å²) < 4.78 is 2.11. The lowest BCUT2D eigenvalue weighted by Crippen LogP contribution is -2.44. The Morgan fingerprint density at radius 1 is 1.07 bits per heavy atom. The summed E-state index contributed by atoms with van der Waals surface area (Å²) in [5, 5.41) is 4.29. The minimum Gasteiger partial charge on any atom is -0.354 e. The SMILES string of the molecule is CN1CCN(c2ccc(Nc3ncc4ccn(CCCN)c4n3)cn2)CC1. The molecule has 0 spiro atoms. The quantitative estimate of drug-likeness (QED) is 0.686. The van der Waals surface area contributed by atoms with Crippen LogP contribution in [0.3, 0.4) is 0 Å². The van der Waals surface area contributed by atoms with Gasteiger partial charge in [0.15, 0.2) is 0 Å². The van der Waals surface area contributed by atoms with E-state index in [2.05, 4.69) is 47.7 Å². The lowest BCUT2D eigenvalue weighted by atomic mass is 10.3. The molecule has 1 fully saturated rings. The largest absolute Gasteiger partial charge is 0.354 e. The molecule has 0 unspecified atom stereocenters. The first-order valence-electron chi connectivity index (χ1n) is 9.41. The summed E-state index contributed by atoms with van der Waals surface area (Å²) in [6, 6.07) is 6.11. The summed E-state index contributed by atoms with van der Waals surface area (Å²) >= 11 is 0. The number of nitrogens with zero attached hydrogens (tertiary/aromatic N) is 6. The molecule has 3 aromatic heterocycles. The van der Waals surface area contributed by atoms with Gasteiger partial charge in [-0.15, -0.1) is 0 Å². The topological polar surface area (TPSA) is 88.1 Å². The molecule has 0 bridgehead atoms. The van der Waals surface area contributed by atoms with Crippen molar-refractivity contribution in [1.82, 2.24) is 24.4 Å². The molecule has 0 aliphatic carbocycles. The van der Waals surface area contributed by atoms with Crippen LogP contribution in [0.15, 0.2) is 36.8 Å². The van der Waals surface area contributed by atoms with E-state index < -0.39 is 0 Å². The highest BCUT2D eigenvalue weighted by Gasteiger charge is 2.15. The maximum absolute atomic E-state index is 5.62. The van der Waals surface area contributed by atoms with Crippen LogP contribution in [-0.4, -0.2) is 64.2 Å². The van der Waals surface area contributed by atoms with E-state index in [1.54, 1.807) is 0 Å². The zero-order valence-corrected chi connectivity index (χ0v) is 15.7. The summed E-state index contributed by atoms with van der Waals surface area (Å²) in [6.07, 6.45) is 6.64. The van der Waals surface area contributed by atoms with Crippen molar-refractivity contribution in [3.63, 3.8) is 0 Å². The van der Waals surface area contributed by atoms with Crippen LogP contribution in [0.2, 0.25) is 0 Å². The fraction of sp³-hybridized carbons (Fsp3) is 0.421. The molecule has 27 heavy (non-hydrogen) atoms. The van der Waals surface area contributed by atoms with Crippen molar-refractivity contribution < 1.29 is 0 Å². The van der Waals surface area contributed by atoms with Crippen molar-refractivity contribution in [1.29, 1.82) is 0 Å². The van der Waals surface area contributed by atoms with Gasteiger partial charge in [-0.1, -0.05) is 0 Å². The van der Waals surface area contributed by atoms with E-state index in [9.17, 15) is 0 Å². The van der Waals surface area contributed by atoms with Crippen LogP contribution in [0.25, 0.3) is 11.0 Å². The maximum atomic E-state index is 5.62. The number of fused-ring (bicyclic) bond motifs is 1. The molecule has 8 heteroatoms. The molecule has 0 atom stereocenters. The van der Waals surface area contributed by atoms with Crippen molar-refractivity contribution in [2.45, 2.75) is 13.0 Å². The number of piperazine rings is 1. The zero-order chi connectivity index (χ0) is 18.6. The lowest BCUT2D eigenvalue weighted by Gasteiger charge is -2.33. The molecular formula is C19H26N8. The van der Waals surface area contributed by atoms with E-state index in [1.165, 1.54) is 0 Å². The predicted molar refractivity (Wildman–Crippen MR) is 108 cm³/mol. The van der Waals surface area contributed by atoms with Crippen molar-refractivity contribution in [3.8, 4) is 0 Å². The van der Waals surface area contributed by atoms with Gasteiger partial charge in [-0.2, -0.15) is 4.98 Å². The molecule has 0 amide bonds. The number of pyridine rings is 1. The van der Waals surface area contributed by atoms with E-state index in [0.29, 0.717) is 12.5 Å². The van der Waals surface area contributed by atoms with E-state index >= 15 is 0 Å². The summed E-state index contributed by atoms with van der Waals surface area (Å²) in [5.41, 5.74) is 7.42. The Balaban J connectivity index is 1.47. The van der Waals surface area contributed by atoms with Crippen LogP contribution >= 0.6 is 0 Å². The van der Waals surface area contributed by atoms with Gasteiger partial charge in [-0.05, 0) is 38.2 Å². The number of nitrogens with one attached hydrogen (secondary N) is 1. The fourth-order valence-electron chi connectivity index (χ4n) is 3.28. The number of likely N-dealkylation sites (N-methyl/N-ethyl adjacent to an activating group) is 1. The highest BCUT2D eigenvalue weighted by Crippen LogP contribution is 2.20. The summed E-state index contributed by atoms with van der Waals surface area (Å²) in [7, 11) is 2.15. The molecule has 1 aliphatic heterocycles. The predicted octanol–water partition coefficient (Wildman–Crippen LogP) is 1.67. The molecule has 3 aromatic rings. The summed E-state index contributed by atoms with van der Waals surface area (Å²) in [4.78, 5) is 18.3. The Bertz CT molecular complexity index is 880. The number of hydrogen-bond donors (Lipinski definition) is 2. The van der Waals surface area contributed by atoms with Crippen LogP contribution in [0.5, 0.6) is 0 Å². The van der Waals surface area contributed by atoms with Crippen molar-refractivity contribution in [2.75, 3.05) is 50.0 Å². The van der Waals surface area contributed by atoms with Gasteiger partial charge in [0.1, 0.15) is 11.5 Å². The molecule has 4 rings (SSSR count). The Morgan fingerprint density at radius 2 is 1.93 bits per heavy atom. The van der Waals surface area contributed by atoms with Gasteiger partial charge >= 0.3 is 0 Å². The number of rotatable bonds is 6. The van der Waals surface area contributed by atoms with E-state index in [1.807, 2.05) is 30.7 Å². The number of nitrogens with two attached hydrogens (primary N) is 1. The van der Waals surface area contributed by atoms with Crippen molar-refractivity contribution in [2.24, 2.45) is 5.73 Å². The summed E-state index contributed by atoms with van der Waals surface area (Å²) in [6.45, 7) is 5.68. The number of aromatic nitrogens is 4. The smallest absolute Gasteiger partial charge is 0.229 e. The van der Waals surface area contributed by atoms with Crippen LogP contribution in [0.1, 0.15) is 6.42 Å². The lowest BCUT2D eigenvalue weighted by molar-refractivity contribution is 0.312. The van der Waals surface area contributed by atoms with Crippen LogP contribution < -0.4 is 16.0 Å². The number of anilines is 3. The van der Waals surface area contributed by atoms with E-state index in [-0.39, 0.29) is 0 Å². The van der Waals surface area contributed by atoms with Gasteiger partial charge in [0.05, 0.1) is 11.9 Å².